The van der Waals surface area contributed by atoms with Gasteiger partial charge in [0.1, 0.15) is 0 Å². The van der Waals surface area contributed by atoms with Crippen LogP contribution in [0.4, 0.5) is 0 Å². The molecule has 0 fully saturated rings. The summed E-state index contributed by atoms with van der Waals surface area (Å²) in [5.41, 5.74) is 0.354. The Balaban J connectivity index is 0.000000640. The molecule has 0 atom stereocenters. The molecule has 43 valence electrons. The van der Waals surface area contributed by atoms with Gasteiger partial charge in [-0.05, 0) is 0 Å². The predicted molar refractivity (Wildman–Crippen MR) is 29.0 cm³/mol. The Morgan fingerprint density at radius 3 is 2.56 bits per heavy atom. The molecule has 0 bridgehead atoms. The van der Waals surface area contributed by atoms with Crippen molar-refractivity contribution in [3.8, 4) is 0 Å². The van der Waals surface area contributed by atoms with Crippen LogP contribution in [0.3, 0.4) is 0 Å². The Bertz CT molecular complexity index is 176. The third kappa shape index (κ3) is 2.82. The summed E-state index contributed by atoms with van der Waals surface area (Å²) in [4.78, 5) is 13.5. The van der Waals surface area contributed by atoms with E-state index in [-0.39, 0.29) is 32.7 Å². The Morgan fingerprint density at radius 2 is 2.22 bits per heavy atom. The summed E-state index contributed by atoms with van der Waals surface area (Å²) in [6, 6.07) is 5.10. The zero-order valence-electron chi connectivity index (χ0n) is 4.74. The number of aromatic nitrogens is 1. The molecule has 0 aliphatic rings. The van der Waals surface area contributed by atoms with Gasteiger partial charge >= 0.3 is 0 Å². The molecule has 1 heterocycles. The third-order valence-corrected chi connectivity index (χ3v) is 0.769. The summed E-state index contributed by atoms with van der Waals surface area (Å²) >= 11 is 0. The Kier molecular flexibility index (Phi) is 4.73. The van der Waals surface area contributed by atoms with Gasteiger partial charge in [-0.1, -0.05) is 11.8 Å². The van der Waals surface area contributed by atoms with Crippen LogP contribution in [0.15, 0.2) is 24.4 Å². The van der Waals surface area contributed by atoms with Crippen LogP contribution in [0.1, 0.15) is 5.69 Å². The van der Waals surface area contributed by atoms with Gasteiger partial charge < -0.3 is 4.79 Å². The van der Waals surface area contributed by atoms with Crippen LogP contribution < -0.4 is 0 Å². The van der Waals surface area contributed by atoms with Crippen molar-refractivity contribution in [2.75, 3.05) is 0 Å². The van der Waals surface area contributed by atoms with Crippen molar-refractivity contribution in [3.63, 3.8) is 0 Å². The maximum absolute atomic E-state index is 9.82. The topological polar surface area (TPSA) is 30.0 Å². The molecule has 1 aromatic rings. The number of hydrogen-bond donors (Lipinski definition) is 0. The molecule has 0 N–H and O–H groups in total. The van der Waals surface area contributed by atoms with Crippen molar-refractivity contribution in [1.82, 2.24) is 4.98 Å². The number of rotatable bonds is 1. The maximum atomic E-state index is 9.82. The summed E-state index contributed by atoms with van der Waals surface area (Å²) < 4.78 is 0. The standard InChI is InChI=1S/C6H4NO.Y/c8-5-6-3-1-2-4-7-6;/h1-4H;/q-1;. The molecule has 0 aromatic carbocycles. The van der Waals surface area contributed by atoms with Crippen molar-refractivity contribution in [1.29, 1.82) is 0 Å². The van der Waals surface area contributed by atoms with Gasteiger partial charge in [-0.3, -0.25) is 4.98 Å². The fourth-order valence-corrected chi connectivity index (χ4v) is 0.423. The van der Waals surface area contributed by atoms with Gasteiger partial charge in [-0.25, -0.2) is 0 Å². The van der Waals surface area contributed by atoms with E-state index in [1.54, 1.807) is 30.7 Å². The van der Waals surface area contributed by atoms with Crippen LogP contribution in [0.25, 0.3) is 0 Å². The van der Waals surface area contributed by atoms with Crippen molar-refractivity contribution in [2.24, 2.45) is 0 Å². The first-order valence-electron chi connectivity index (χ1n) is 2.22. The monoisotopic (exact) mass is 195 g/mol. The van der Waals surface area contributed by atoms with Gasteiger partial charge in [-0.2, -0.15) is 6.07 Å². The summed E-state index contributed by atoms with van der Waals surface area (Å²) in [6.07, 6.45) is 3.22. The van der Waals surface area contributed by atoms with Crippen LogP contribution in [-0.4, -0.2) is 11.3 Å². The van der Waals surface area contributed by atoms with Crippen LogP contribution in [-0.2, 0) is 37.5 Å². The van der Waals surface area contributed by atoms with E-state index < -0.39 is 0 Å². The molecule has 1 rings (SSSR count). The first kappa shape index (κ1) is 8.92. The minimum atomic E-state index is 0. The van der Waals surface area contributed by atoms with Gasteiger partial charge in [-0.15, -0.1) is 6.07 Å². The molecule has 1 aromatic heterocycles. The van der Waals surface area contributed by atoms with Crippen LogP contribution in [0.5, 0.6) is 0 Å². The Hall–Kier alpha value is -0.0761. The molecule has 0 amide bonds. The zero-order valence-corrected chi connectivity index (χ0v) is 7.58. The Labute approximate surface area is 78.6 Å². The van der Waals surface area contributed by atoms with E-state index in [2.05, 4.69) is 4.98 Å². The number of carbonyl (C=O) groups excluding carboxylic acids is 1. The smallest absolute Gasteiger partial charge is 0.0223 e. The zero-order chi connectivity index (χ0) is 5.82. The maximum Gasteiger partial charge on any atom is 0.0223 e. The minimum absolute atomic E-state index is 0. The average Bonchev–Trinajstić information content (AvgIpc) is 1.90. The summed E-state index contributed by atoms with van der Waals surface area (Å²) in [5.74, 6) is 0. The van der Waals surface area contributed by atoms with E-state index in [1.807, 2.05) is 0 Å². The molecule has 0 unspecified atom stereocenters. The van der Waals surface area contributed by atoms with Crippen LogP contribution in [0, 0.1) is 0 Å². The summed E-state index contributed by atoms with van der Waals surface area (Å²) in [5, 5.41) is 0. The summed E-state index contributed by atoms with van der Waals surface area (Å²) in [7, 11) is 0. The van der Waals surface area contributed by atoms with Gasteiger partial charge in [0.15, 0.2) is 0 Å². The van der Waals surface area contributed by atoms with Crippen LogP contribution in [0.2, 0.25) is 0 Å². The molecule has 3 heteroatoms. The molecule has 1 radical (unpaired) electrons. The molecule has 0 aliphatic heterocycles. The fraction of sp³-hybridized carbons (Fsp3) is 0. The first-order chi connectivity index (χ1) is 3.93. The van der Waals surface area contributed by atoms with Crippen LogP contribution >= 0.6 is 0 Å². The number of hydrogen-bond acceptors (Lipinski definition) is 2. The largest absolute Gasteiger partial charge is 0.417 e. The average molecular weight is 195 g/mol. The van der Waals surface area contributed by atoms with Crippen molar-refractivity contribution in [3.05, 3.63) is 30.1 Å². The molecular weight excluding hydrogens is 191 g/mol. The SMILES string of the molecule is O=[C-]c1ccccn1.[Y]. The van der Waals surface area contributed by atoms with E-state index in [9.17, 15) is 4.79 Å². The van der Waals surface area contributed by atoms with Gasteiger partial charge in [0.2, 0.25) is 0 Å². The van der Waals surface area contributed by atoms with Crippen molar-refractivity contribution >= 4 is 6.29 Å². The van der Waals surface area contributed by atoms with Crippen molar-refractivity contribution in [2.45, 2.75) is 0 Å². The molecular formula is C6H4NOY-. The molecule has 0 aliphatic carbocycles. The van der Waals surface area contributed by atoms with E-state index in [1.165, 1.54) is 0 Å². The number of nitrogens with zero attached hydrogens (tertiary/aromatic N) is 1. The van der Waals surface area contributed by atoms with Gasteiger partial charge in [0, 0.05) is 45.2 Å². The van der Waals surface area contributed by atoms with E-state index in [0.717, 1.165) is 0 Å². The molecule has 0 saturated heterocycles. The van der Waals surface area contributed by atoms with Gasteiger partial charge in [0.05, 0.1) is 0 Å². The third-order valence-electron chi connectivity index (χ3n) is 0.769. The van der Waals surface area contributed by atoms with E-state index in [0.29, 0.717) is 5.69 Å². The summed E-state index contributed by atoms with van der Waals surface area (Å²) in [6.45, 7) is 0. The second kappa shape index (κ2) is 4.77. The molecule has 9 heavy (non-hydrogen) atoms. The molecule has 2 nitrogen and oxygen atoms in total. The number of pyridine rings is 1. The van der Waals surface area contributed by atoms with Gasteiger partial charge in [0.25, 0.3) is 0 Å². The minimum Gasteiger partial charge on any atom is -0.417 e. The fourth-order valence-electron chi connectivity index (χ4n) is 0.423. The predicted octanol–water partition coefficient (Wildman–Crippen LogP) is 0.537. The second-order valence-electron chi connectivity index (χ2n) is 1.32. The van der Waals surface area contributed by atoms with E-state index in [4.69, 9.17) is 0 Å². The van der Waals surface area contributed by atoms with E-state index >= 15 is 0 Å². The normalized spacial score (nSPS) is 7.56. The second-order valence-corrected chi connectivity index (χ2v) is 1.32. The first-order valence-corrected chi connectivity index (χ1v) is 2.22. The molecule has 0 spiro atoms. The van der Waals surface area contributed by atoms with Crippen molar-refractivity contribution < 1.29 is 37.5 Å². The Morgan fingerprint density at radius 1 is 1.44 bits per heavy atom. The quantitative estimate of drug-likeness (QED) is 0.612. The molecule has 0 saturated carbocycles.